The monoisotopic (exact) mass is 420 g/mol. The van der Waals surface area contributed by atoms with Crippen LogP contribution in [0.3, 0.4) is 0 Å². The molecule has 1 fully saturated rings. The molecular formula is C22H24N6O3. The van der Waals surface area contributed by atoms with Crippen LogP contribution in [0.2, 0.25) is 0 Å². The molecule has 2 N–H and O–H groups in total. The van der Waals surface area contributed by atoms with E-state index in [9.17, 15) is 9.59 Å². The van der Waals surface area contributed by atoms with Gasteiger partial charge < -0.3 is 15.4 Å². The number of aryl methyl sites for hydroxylation is 2. The van der Waals surface area contributed by atoms with Crippen LogP contribution in [-0.2, 0) is 16.6 Å². The molecule has 9 nitrogen and oxygen atoms in total. The minimum atomic E-state index is -0.855. The number of anilines is 1. The van der Waals surface area contributed by atoms with Gasteiger partial charge in [-0.1, -0.05) is 12.8 Å². The van der Waals surface area contributed by atoms with Gasteiger partial charge in [0.05, 0.1) is 17.6 Å². The molecule has 1 aliphatic rings. The Bertz CT molecular complexity index is 1100. The SMILES string of the molecule is Cc1nc(NC(=O)C2(NC=O)CCCC2)ccc1Oc1ccnc(-c2cnn(C)c2)c1. The molecule has 1 aliphatic carbocycles. The van der Waals surface area contributed by atoms with E-state index in [0.29, 0.717) is 42.3 Å². The Kier molecular flexibility index (Phi) is 5.66. The third-order valence-electron chi connectivity index (χ3n) is 5.47. The van der Waals surface area contributed by atoms with Crippen LogP contribution in [0.5, 0.6) is 11.5 Å². The van der Waals surface area contributed by atoms with Crippen LogP contribution in [0.25, 0.3) is 11.3 Å². The zero-order chi connectivity index (χ0) is 21.8. The second-order valence-corrected chi connectivity index (χ2v) is 7.67. The van der Waals surface area contributed by atoms with Gasteiger partial charge in [-0.05, 0) is 38.0 Å². The Morgan fingerprint density at radius 2 is 2.06 bits per heavy atom. The molecule has 0 aromatic carbocycles. The van der Waals surface area contributed by atoms with Gasteiger partial charge in [0.15, 0.2) is 0 Å². The number of pyridine rings is 2. The smallest absolute Gasteiger partial charge is 0.251 e. The average molecular weight is 420 g/mol. The molecule has 160 valence electrons. The van der Waals surface area contributed by atoms with Crippen molar-refractivity contribution in [2.24, 2.45) is 7.05 Å². The van der Waals surface area contributed by atoms with Crippen molar-refractivity contribution < 1.29 is 14.3 Å². The first-order valence-electron chi connectivity index (χ1n) is 10.1. The molecule has 31 heavy (non-hydrogen) atoms. The van der Waals surface area contributed by atoms with E-state index in [4.69, 9.17) is 4.74 Å². The number of carbonyl (C=O) groups excluding carboxylic acids is 2. The summed E-state index contributed by atoms with van der Waals surface area (Å²) >= 11 is 0. The molecular weight excluding hydrogens is 396 g/mol. The van der Waals surface area contributed by atoms with Crippen molar-refractivity contribution in [3.63, 3.8) is 0 Å². The van der Waals surface area contributed by atoms with Gasteiger partial charge in [0, 0.05) is 31.1 Å². The molecule has 9 heteroatoms. The maximum Gasteiger partial charge on any atom is 0.251 e. The van der Waals surface area contributed by atoms with Crippen LogP contribution in [0, 0.1) is 6.92 Å². The molecule has 0 unspecified atom stereocenters. The largest absolute Gasteiger partial charge is 0.455 e. The Morgan fingerprint density at radius 1 is 1.26 bits per heavy atom. The molecule has 0 radical (unpaired) electrons. The second-order valence-electron chi connectivity index (χ2n) is 7.67. The molecule has 3 aromatic rings. The lowest BCUT2D eigenvalue weighted by molar-refractivity contribution is -0.125. The van der Waals surface area contributed by atoms with Crippen LogP contribution in [-0.4, -0.2) is 37.6 Å². The van der Waals surface area contributed by atoms with Crippen LogP contribution in [0.15, 0.2) is 42.9 Å². The van der Waals surface area contributed by atoms with Crippen LogP contribution < -0.4 is 15.4 Å². The van der Waals surface area contributed by atoms with Crippen LogP contribution >= 0.6 is 0 Å². The van der Waals surface area contributed by atoms with E-state index in [1.807, 2.05) is 26.2 Å². The highest BCUT2D eigenvalue weighted by Crippen LogP contribution is 2.31. The van der Waals surface area contributed by atoms with Gasteiger partial charge in [0.2, 0.25) is 6.41 Å². The highest BCUT2D eigenvalue weighted by molar-refractivity contribution is 5.98. The Morgan fingerprint density at radius 3 is 2.74 bits per heavy atom. The number of hydrogen-bond donors (Lipinski definition) is 2. The summed E-state index contributed by atoms with van der Waals surface area (Å²) in [6.45, 7) is 1.81. The van der Waals surface area contributed by atoms with Crippen LogP contribution in [0.1, 0.15) is 31.4 Å². The summed E-state index contributed by atoms with van der Waals surface area (Å²) in [7, 11) is 1.85. The number of rotatable bonds is 7. The molecule has 0 saturated heterocycles. The van der Waals surface area contributed by atoms with Crippen molar-refractivity contribution in [1.29, 1.82) is 0 Å². The van der Waals surface area contributed by atoms with E-state index in [0.717, 1.165) is 24.1 Å². The van der Waals surface area contributed by atoms with E-state index in [1.165, 1.54) is 0 Å². The van der Waals surface area contributed by atoms with Crippen molar-refractivity contribution >= 4 is 18.1 Å². The summed E-state index contributed by atoms with van der Waals surface area (Å²) in [6, 6.07) is 7.05. The molecule has 4 rings (SSSR count). The van der Waals surface area contributed by atoms with E-state index in [2.05, 4.69) is 25.7 Å². The minimum absolute atomic E-state index is 0.243. The van der Waals surface area contributed by atoms with E-state index < -0.39 is 5.54 Å². The first-order chi connectivity index (χ1) is 15.0. The third kappa shape index (κ3) is 4.40. The van der Waals surface area contributed by atoms with Gasteiger partial charge in [-0.2, -0.15) is 5.10 Å². The number of hydrogen-bond acceptors (Lipinski definition) is 6. The van der Waals surface area contributed by atoms with Crippen molar-refractivity contribution in [1.82, 2.24) is 25.1 Å². The lowest BCUT2D eigenvalue weighted by Crippen LogP contribution is -2.52. The summed E-state index contributed by atoms with van der Waals surface area (Å²) < 4.78 is 7.71. The standard InChI is InChI=1S/C22H24N6O3/c1-15-19(31-17-7-10-23-18(11-17)16-12-25-28(2)13-16)5-6-20(26-15)27-21(30)22(24-14-29)8-3-4-9-22/h5-7,10-14H,3-4,8-9H2,1-2H3,(H,24,29)(H,26,27,30). The fraction of sp³-hybridized carbons (Fsp3) is 0.318. The van der Waals surface area contributed by atoms with Gasteiger partial charge in [0.25, 0.3) is 5.91 Å². The molecule has 0 spiro atoms. The highest BCUT2D eigenvalue weighted by atomic mass is 16.5. The van der Waals surface area contributed by atoms with Crippen LogP contribution in [0.4, 0.5) is 5.82 Å². The molecule has 0 bridgehead atoms. The summed E-state index contributed by atoms with van der Waals surface area (Å²) in [5, 5.41) is 9.69. The molecule has 3 aromatic heterocycles. The van der Waals surface area contributed by atoms with Crippen molar-refractivity contribution in [2.45, 2.75) is 38.1 Å². The maximum absolute atomic E-state index is 12.8. The first-order valence-corrected chi connectivity index (χ1v) is 10.1. The highest BCUT2D eigenvalue weighted by Gasteiger charge is 2.41. The first kappa shape index (κ1) is 20.5. The maximum atomic E-state index is 12.8. The number of carbonyl (C=O) groups is 2. The Balaban J connectivity index is 1.48. The van der Waals surface area contributed by atoms with E-state index in [1.54, 1.807) is 35.3 Å². The minimum Gasteiger partial charge on any atom is -0.455 e. The zero-order valence-corrected chi connectivity index (χ0v) is 17.5. The van der Waals surface area contributed by atoms with Gasteiger partial charge in [0.1, 0.15) is 22.9 Å². The molecule has 1 saturated carbocycles. The third-order valence-corrected chi connectivity index (χ3v) is 5.47. The lowest BCUT2D eigenvalue weighted by atomic mass is 9.97. The van der Waals surface area contributed by atoms with Crippen molar-refractivity contribution in [2.75, 3.05) is 5.32 Å². The number of aromatic nitrogens is 4. The van der Waals surface area contributed by atoms with Gasteiger partial charge in [-0.25, -0.2) is 4.98 Å². The topological polar surface area (TPSA) is 111 Å². The van der Waals surface area contributed by atoms with Gasteiger partial charge in [-0.15, -0.1) is 0 Å². The van der Waals surface area contributed by atoms with E-state index in [-0.39, 0.29) is 5.91 Å². The Labute approximate surface area is 179 Å². The summed E-state index contributed by atoms with van der Waals surface area (Å²) in [5.74, 6) is 1.37. The van der Waals surface area contributed by atoms with Crippen molar-refractivity contribution in [3.05, 3.63) is 48.5 Å². The zero-order valence-electron chi connectivity index (χ0n) is 17.5. The quantitative estimate of drug-likeness (QED) is 0.569. The predicted octanol–water partition coefficient (Wildman–Crippen LogP) is 2.98. The van der Waals surface area contributed by atoms with Crippen molar-refractivity contribution in [3.8, 4) is 22.8 Å². The molecule has 2 amide bonds. The fourth-order valence-corrected chi connectivity index (χ4v) is 3.80. The van der Waals surface area contributed by atoms with E-state index >= 15 is 0 Å². The lowest BCUT2D eigenvalue weighted by Gasteiger charge is -2.26. The molecule has 0 atom stereocenters. The normalized spacial score (nSPS) is 14.8. The fourth-order valence-electron chi connectivity index (χ4n) is 3.80. The van der Waals surface area contributed by atoms with Gasteiger partial charge in [-0.3, -0.25) is 19.3 Å². The number of nitrogens with one attached hydrogen (secondary N) is 2. The number of nitrogens with zero attached hydrogens (tertiary/aromatic N) is 4. The number of amides is 2. The average Bonchev–Trinajstić information content (AvgIpc) is 3.41. The molecule has 3 heterocycles. The van der Waals surface area contributed by atoms with Gasteiger partial charge >= 0.3 is 0 Å². The Hall–Kier alpha value is -3.75. The summed E-state index contributed by atoms with van der Waals surface area (Å²) in [5.41, 5.74) is 1.42. The second kappa shape index (κ2) is 8.55. The summed E-state index contributed by atoms with van der Waals surface area (Å²) in [4.78, 5) is 32.6. The molecule has 0 aliphatic heterocycles. The summed E-state index contributed by atoms with van der Waals surface area (Å²) in [6.07, 6.45) is 8.95. The predicted molar refractivity (Wildman–Crippen MR) is 115 cm³/mol. The number of ether oxygens (including phenoxy) is 1.